The summed E-state index contributed by atoms with van der Waals surface area (Å²) < 4.78 is 28.0. The molecule has 168 valence electrons. The molecule has 1 amide bonds. The number of sulfonamides is 1. The van der Waals surface area contributed by atoms with Crippen molar-refractivity contribution in [2.75, 3.05) is 29.9 Å². The Balaban J connectivity index is 1.76. The number of amides is 1. The van der Waals surface area contributed by atoms with Crippen molar-refractivity contribution < 1.29 is 13.2 Å². The van der Waals surface area contributed by atoms with Crippen LogP contribution >= 0.6 is 23.4 Å². The van der Waals surface area contributed by atoms with E-state index in [1.54, 1.807) is 20.8 Å². The largest absolute Gasteiger partial charge is 0.322 e. The van der Waals surface area contributed by atoms with Crippen molar-refractivity contribution in [3.05, 3.63) is 58.6 Å². The predicted molar refractivity (Wildman–Crippen MR) is 129 cm³/mol. The fraction of sp³-hybridized carbons (Fsp3) is 0.409. The molecular weight excluding hydrogens is 454 g/mol. The molecule has 0 atom stereocenters. The molecule has 1 fully saturated rings. The molecule has 9 heteroatoms. The highest BCUT2D eigenvalue weighted by Crippen LogP contribution is 2.25. The number of carbonyl (C=O) groups is 1. The SMILES string of the molecule is CC(C)(C)NS(=O)(=O)c1cc(C(=O)Nc2cccc(CN3CCSCC3)c2)ccc1Cl. The van der Waals surface area contributed by atoms with Crippen LogP contribution < -0.4 is 10.0 Å². The van der Waals surface area contributed by atoms with E-state index in [2.05, 4.69) is 14.9 Å². The quantitative estimate of drug-likeness (QED) is 0.645. The number of halogens is 1. The van der Waals surface area contributed by atoms with Gasteiger partial charge in [0.2, 0.25) is 10.0 Å². The number of hydrogen-bond donors (Lipinski definition) is 2. The second-order valence-corrected chi connectivity index (χ2v) is 11.8. The summed E-state index contributed by atoms with van der Waals surface area (Å²) in [5.74, 6) is 1.89. The second-order valence-electron chi connectivity index (χ2n) is 8.54. The van der Waals surface area contributed by atoms with E-state index in [4.69, 9.17) is 11.6 Å². The van der Waals surface area contributed by atoms with Crippen molar-refractivity contribution >= 4 is 45.0 Å². The van der Waals surface area contributed by atoms with Gasteiger partial charge in [0, 0.05) is 47.9 Å². The van der Waals surface area contributed by atoms with E-state index in [1.807, 2.05) is 36.0 Å². The third-order valence-electron chi connectivity index (χ3n) is 4.62. The average molecular weight is 482 g/mol. The Morgan fingerprint density at radius 1 is 1.13 bits per heavy atom. The van der Waals surface area contributed by atoms with Gasteiger partial charge in [0.25, 0.3) is 5.91 Å². The molecule has 0 spiro atoms. The molecule has 2 aromatic rings. The van der Waals surface area contributed by atoms with Gasteiger partial charge in [-0.15, -0.1) is 0 Å². The molecule has 3 rings (SSSR count). The van der Waals surface area contributed by atoms with E-state index < -0.39 is 21.5 Å². The lowest BCUT2D eigenvalue weighted by Gasteiger charge is -2.26. The summed E-state index contributed by atoms with van der Waals surface area (Å²) in [5, 5.41) is 2.93. The first-order valence-corrected chi connectivity index (χ1v) is 13.1. The lowest BCUT2D eigenvalue weighted by atomic mass is 10.1. The van der Waals surface area contributed by atoms with Gasteiger partial charge in [-0.05, 0) is 56.7 Å². The molecule has 0 aliphatic carbocycles. The van der Waals surface area contributed by atoms with Crippen LogP contribution in [0.2, 0.25) is 5.02 Å². The highest BCUT2D eigenvalue weighted by Gasteiger charge is 2.25. The lowest BCUT2D eigenvalue weighted by molar-refractivity contribution is 0.102. The number of thioether (sulfide) groups is 1. The minimum absolute atomic E-state index is 0.0648. The Morgan fingerprint density at radius 2 is 1.84 bits per heavy atom. The van der Waals surface area contributed by atoms with E-state index in [-0.39, 0.29) is 15.5 Å². The molecule has 0 bridgehead atoms. The van der Waals surface area contributed by atoms with E-state index in [0.717, 1.165) is 36.7 Å². The molecule has 0 unspecified atom stereocenters. The predicted octanol–water partition coefficient (Wildman–Crippen LogP) is 4.22. The van der Waals surface area contributed by atoms with Crippen LogP contribution in [0.15, 0.2) is 47.4 Å². The van der Waals surface area contributed by atoms with Crippen LogP contribution in [-0.4, -0.2) is 49.4 Å². The highest BCUT2D eigenvalue weighted by atomic mass is 35.5. The van der Waals surface area contributed by atoms with Crippen LogP contribution in [0.4, 0.5) is 5.69 Å². The summed E-state index contributed by atoms with van der Waals surface area (Å²) in [5.41, 5.74) is 1.34. The Hall–Kier alpha value is -1.58. The van der Waals surface area contributed by atoms with Gasteiger partial charge >= 0.3 is 0 Å². The van der Waals surface area contributed by atoms with Crippen LogP contribution in [-0.2, 0) is 16.6 Å². The van der Waals surface area contributed by atoms with Crippen LogP contribution in [0.5, 0.6) is 0 Å². The summed E-state index contributed by atoms with van der Waals surface area (Å²) in [6.07, 6.45) is 0. The van der Waals surface area contributed by atoms with Gasteiger partial charge in [0.1, 0.15) is 4.90 Å². The van der Waals surface area contributed by atoms with E-state index in [0.29, 0.717) is 5.69 Å². The van der Waals surface area contributed by atoms with Gasteiger partial charge in [-0.2, -0.15) is 11.8 Å². The maximum absolute atomic E-state index is 12.8. The molecule has 1 aliphatic rings. The van der Waals surface area contributed by atoms with Gasteiger partial charge in [-0.3, -0.25) is 9.69 Å². The number of anilines is 1. The van der Waals surface area contributed by atoms with E-state index in [9.17, 15) is 13.2 Å². The van der Waals surface area contributed by atoms with Crippen LogP contribution in [0.25, 0.3) is 0 Å². The monoisotopic (exact) mass is 481 g/mol. The molecule has 1 aliphatic heterocycles. The maximum atomic E-state index is 12.8. The van der Waals surface area contributed by atoms with Crippen molar-refractivity contribution in [1.29, 1.82) is 0 Å². The lowest BCUT2D eigenvalue weighted by Crippen LogP contribution is -2.40. The molecule has 0 aromatic heterocycles. The summed E-state index contributed by atoms with van der Waals surface area (Å²) in [6.45, 7) is 8.18. The normalized spacial score (nSPS) is 15.6. The van der Waals surface area contributed by atoms with Crippen LogP contribution in [0, 0.1) is 0 Å². The summed E-state index contributed by atoms with van der Waals surface area (Å²) >= 11 is 8.10. The minimum atomic E-state index is -3.87. The smallest absolute Gasteiger partial charge is 0.255 e. The van der Waals surface area contributed by atoms with Crippen LogP contribution in [0.3, 0.4) is 0 Å². The van der Waals surface area contributed by atoms with Crippen molar-refractivity contribution in [1.82, 2.24) is 9.62 Å². The Morgan fingerprint density at radius 3 is 2.52 bits per heavy atom. The van der Waals surface area contributed by atoms with Gasteiger partial charge < -0.3 is 5.32 Å². The third kappa shape index (κ3) is 6.95. The molecule has 0 radical (unpaired) electrons. The molecule has 1 saturated heterocycles. The maximum Gasteiger partial charge on any atom is 0.255 e. The Labute approximate surface area is 193 Å². The summed E-state index contributed by atoms with van der Waals surface area (Å²) in [7, 11) is -3.87. The summed E-state index contributed by atoms with van der Waals surface area (Å²) in [6, 6.07) is 12.0. The number of nitrogens with zero attached hydrogens (tertiary/aromatic N) is 1. The molecule has 1 heterocycles. The molecule has 31 heavy (non-hydrogen) atoms. The summed E-state index contributed by atoms with van der Waals surface area (Å²) in [4.78, 5) is 15.1. The van der Waals surface area contributed by atoms with Gasteiger partial charge in [-0.1, -0.05) is 23.7 Å². The first kappa shape index (κ1) is 24.1. The number of carbonyl (C=O) groups excluding carboxylic acids is 1. The fourth-order valence-electron chi connectivity index (χ4n) is 3.28. The van der Waals surface area contributed by atoms with Crippen molar-refractivity contribution in [2.24, 2.45) is 0 Å². The number of nitrogens with one attached hydrogen (secondary N) is 2. The minimum Gasteiger partial charge on any atom is -0.322 e. The van der Waals surface area contributed by atoms with E-state index in [1.165, 1.54) is 18.2 Å². The van der Waals surface area contributed by atoms with Crippen molar-refractivity contribution in [2.45, 2.75) is 37.8 Å². The number of rotatable bonds is 6. The van der Waals surface area contributed by atoms with Gasteiger partial charge in [0.15, 0.2) is 0 Å². The fourth-order valence-corrected chi connectivity index (χ4v) is 6.20. The van der Waals surface area contributed by atoms with Gasteiger partial charge in [0.05, 0.1) is 5.02 Å². The Kier molecular flexibility index (Phi) is 7.70. The number of benzene rings is 2. The third-order valence-corrected chi connectivity index (χ3v) is 7.80. The first-order chi connectivity index (χ1) is 14.5. The standard InChI is InChI=1S/C22H28ClN3O3S2/c1-22(2,3)25-31(28,29)20-14-17(7-8-19(20)23)21(27)24-18-6-4-5-16(13-18)15-26-9-11-30-12-10-26/h4-8,13-14,25H,9-12,15H2,1-3H3,(H,24,27). The van der Waals surface area contributed by atoms with Crippen molar-refractivity contribution in [3.63, 3.8) is 0 Å². The zero-order chi connectivity index (χ0) is 22.6. The molecule has 2 aromatic carbocycles. The second kappa shape index (κ2) is 9.92. The molecule has 2 N–H and O–H groups in total. The molecule has 0 saturated carbocycles. The average Bonchev–Trinajstić information content (AvgIpc) is 2.67. The molecule has 6 nitrogen and oxygen atoms in total. The van der Waals surface area contributed by atoms with Crippen LogP contribution in [0.1, 0.15) is 36.7 Å². The number of hydrogen-bond acceptors (Lipinski definition) is 5. The highest BCUT2D eigenvalue weighted by molar-refractivity contribution is 7.99. The zero-order valence-corrected chi connectivity index (χ0v) is 20.3. The molecular formula is C22H28ClN3O3S2. The van der Waals surface area contributed by atoms with Gasteiger partial charge in [-0.25, -0.2) is 13.1 Å². The first-order valence-electron chi connectivity index (χ1n) is 10.1. The van der Waals surface area contributed by atoms with E-state index >= 15 is 0 Å². The topological polar surface area (TPSA) is 78.5 Å². The Bertz CT molecular complexity index is 1050. The van der Waals surface area contributed by atoms with Crippen molar-refractivity contribution in [3.8, 4) is 0 Å². The zero-order valence-electron chi connectivity index (χ0n) is 17.9.